The highest BCUT2D eigenvalue weighted by molar-refractivity contribution is 5.67. The molecule has 0 aliphatic heterocycles. The number of nitrogens with one attached hydrogen (secondary N) is 1. The Morgan fingerprint density at radius 3 is 2.81 bits per heavy atom. The maximum atomic E-state index is 5.84. The highest BCUT2D eigenvalue weighted by Crippen LogP contribution is 2.23. The Labute approximate surface area is 120 Å². The zero-order valence-corrected chi connectivity index (χ0v) is 11.1. The van der Waals surface area contributed by atoms with Crippen LogP contribution in [0.15, 0.2) is 55.2 Å². The molecule has 0 saturated carbocycles. The van der Waals surface area contributed by atoms with E-state index in [0.29, 0.717) is 0 Å². The first kappa shape index (κ1) is 11.7. The number of aromatic amines is 1. The summed E-state index contributed by atoms with van der Waals surface area (Å²) in [6.07, 6.45) is 9.13. The Bertz CT molecular complexity index is 907. The summed E-state index contributed by atoms with van der Waals surface area (Å²) in [4.78, 5) is 8.81. The highest BCUT2D eigenvalue weighted by Gasteiger charge is 2.09. The monoisotopic (exact) mass is 276 g/mol. The molecule has 21 heavy (non-hydrogen) atoms. The average Bonchev–Trinajstić information content (AvgIpc) is 3.15. The summed E-state index contributed by atoms with van der Waals surface area (Å²) < 4.78 is 2.00. The van der Waals surface area contributed by atoms with E-state index in [1.54, 1.807) is 12.4 Å². The summed E-state index contributed by atoms with van der Waals surface area (Å²) in [5, 5.41) is 6.79. The van der Waals surface area contributed by atoms with Crippen molar-refractivity contribution in [1.82, 2.24) is 24.6 Å². The van der Waals surface area contributed by atoms with E-state index >= 15 is 0 Å². The minimum atomic E-state index is 0.718. The van der Waals surface area contributed by atoms with Crippen LogP contribution in [0.1, 0.15) is 0 Å². The maximum Gasteiger partial charge on any atom is 0.155 e. The van der Waals surface area contributed by atoms with Gasteiger partial charge < -0.3 is 5.73 Å². The molecule has 3 N–H and O–H groups in total. The van der Waals surface area contributed by atoms with Crippen LogP contribution in [0.4, 0.5) is 5.69 Å². The molecule has 0 spiro atoms. The van der Waals surface area contributed by atoms with E-state index in [4.69, 9.17) is 5.73 Å². The van der Waals surface area contributed by atoms with Crippen molar-refractivity contribution in [3.05, 3.63) is 55.2 Å². The van der Waals surface area contributed by atoms with E-state index in [-0.39, 0.29) is 0 Å². The van der Waals surface area contributed by atoms with Crippen LogP contribution in [0.25, 0.3) is 28.2 Å². The second kappa shape index (κ2) is 4.45. The first-order valence-electron chi connectivity index (χ1n) is 6.49. The van der Waals surface area contributed by atoms with E-state index in [0.717, 1.165) is 33.8 Å². The summed E-state index contributed by atoms with van der Waals surface area (Å²) in [7, 11) is 0. The van der Waals surface area contributed by atoms with Crippen molar-refractivity contribution < 1.29 is 0 Å². The standard InChI is InChI=1S/C15H12N6/c16-12-3-1-2-10(4-12)13-9-21-14(11-5-19-20-6-11)7-18-15(21)8-17-13/h1-9H,16H2,(H,19,20). The molecule has 0 saturated heterocycles. The lowest BCUT2D eigenvalue weighted by atomic mass is 10.1. The number of benzene rings is 1. The first-order chi connectivity index (χ1) is 10.3. The zero-order chi connectivity index (χ0) is 14.2. The zero-order valence-electron chi connectivity index (χ0n) is 11.1. The van der Waals surface area contributed by atoms with E-state index < -0.39 is 0 Å². The number of imidazole rings is 1. The fourth-order valence-electron chi connectivity index (χ4n) is 2.34. The van der Waals surface area contributed by atoms with Crippen molar-refractivity contribution in [2.24, 2.45) is 0 Å². The third-order valence-electron chi connectivity index (χ3n) is 3.37. The summed E-state index contributed by atoms with van der Waals surface area (Å²) in [5.41, 5.74) is 11.1. The van der Waals surface area contributed by atoms with Crippen molar-refractivity contribution in [3.8, 4) is 22.5 Å². The smallest absolute Gasteiger partial charge is 0.155 e. The van der Waals surface area contributed by atoms with Crippen molar-refractivity contribution in [2.45, 2.75) is 0 Å². The van der Waals surface area contributed by atoms with Gasteiger partial charge in [0.2, 0.25) is 0 Å². The van der Waals surface area contributed by atoms with Crippen LogP contribution in [0.3, 0.4) is 0 Å². The highest BCUT2D eigenvalue weighted by atomic mass is 15.1. The molecule has 0 atom stereocenters. The van der Waals surface area contributed by atoms with E-state index in [9.17, 15) is 0 Å². The molecule has 0 amide bonds. The summed E-state index contributed by atoms with van der Waals surface area (Å²) in [6.45, 7) is 0. The third-order valence-corrected chi connectivity index (χ3v) is 3.37. The van der Waals surface area contributed by atoms with Crippen molar-refractivity contribution >= 4 is 11.3 Å². The molecule has 0 bridgehead atoms. The number of nitrogens with two attached hydrogens (primary N) is 1. The molecule has 6 heteroatoms. The Kier molecular flexibility index (Phi) is 2.47. The van der Waals surface area contributed by atoms with Gasteiger partial charge in [-0.3, -0.25) is 14.5 Å². The second-order valence-electron chi connectivity index (χ2n) is 4.76. The fraction of sp³-hybridized carbons (Fsp3) is 0. The molecule has 3 heterocycles. The van der Waals surface area contributed by atoms with Crippen LogP contribution in [0.2, 0.25) is 0 Å². The normalized spacial score (nSPS) is 11.0. The molecule has 0 fully saturated rings. The lowest BCUT2D eigenvalue weighted by Gasteiger charge is -2.04. The van der Waals surface area contributed by atoms with E-state index in [1.165, 1.54) is 0 Å². The average molecular weight is 276 g/mol. The van der Waals surface area contributed by atoms with Gasteiger partial charge in [0.25, 0.3) is 0 Å². The Morgan fingerprint density at radius 1 is 1.05 bits per heavy atom. The molecular formula is C15H12N6. The van der Waals surface area contributed by atoms with Crippen molar-refractivity contribution in [3.63, 3.8) is 0 Å². The largest absolute Gasteiger partial charge is 0.399 e. The molecule has 6 nitrogen and oxygen atoms in total. The van der Waals surface area contributed by atoms with Crippen molar-refractivity contribution in [1.29, 1.82) is 0 Å². The molecule has 0 aliphatic rings. The predicted molar refractivity (Wildman–Crippen MR) is 80.4 cm³/mol. The first-order valence-corrected chi connectivity index (χ1v) is 6.49. The molecule has 4 rings (SSSR count). The number of nitrogens with zero attached hydrogens (tertiary/aromatic N) is 4. The van der Waals surface area contributed by atoms with Crippen LogP contribution in [-0.4, -0.2) is 24.6 Å². The number of aromatic nitrogens is 5. The SMILES string of the molecule is Nc1cccc(-c2cn3c(-c4cn[nH]c4)cnc3cn2)c1. The maximum absolute atomic E-state index is 5.84. The molecule has 102 valence electrons. The van der Waals surface area contributed by atoms with Crippen LogP contribution in [0, 0.1) is 0 Å². The number of hydrogen-bond donors (Lipinski definition) is 2. The summed E-state index contributed by atoms with van der Waals surface area (Å²) >= 11 is 0. The van der Waals surface area contributed by atoms with Crippen LogP contribution >= 0.6 is 0 Å². The van der Waals surface area contributed by atoms with Gasteiger partial charge >= 0.3 is 0 Å². The molecule has 0 aliphatic carbocycles. The number of anilines is 1. The van der Waals surface area contributed by atoms with Gasteiger partial charge in [0, 0.05) is 29.2 Å². The Balaban J connectivity index is 1.91. The van der Waals surface area contributed by atoms with E-state index in [2.05, 4.69) is 20.2 Å². The van der Waals surface area contributed by atoms with Gasteiger partial charge in [0.15, 0.2) is 5.65 Å². The van der Waals surface area contributed by atoms with Crippen molar-refractivity contribution in [2.75, 3.05) is 5.73 Å². The molecular weight excluding hydrogens is 264 g/mol. The molecule has 3 aromatic heterocycles. The molecule has 0 unspecified atom stereocenters. The van der Waals surface area contributed by atoms with Gasteiger partial charge in [-0.15, -0.1) is 0 Å². The number of fused-ring (bicyclic) bond motifs is 1. The Morgan fingerprint density at radius 2 is 2.00 bits per heavy atom. The summed E-state index contributed by atoms with van der Waals surface area (Å²) in [6, 6.07) is 7.67. The van der Waals surface area contributed by atoms with Gasteiger partial charge in [0.1, 0.15) is 0 Å². The predicted octanol–water partition coefficient (Wildman–Crippen LogP) is 2.37. The van der Waals surface area contributed by atoms with Gasteiger partial charge in [-0.2, -0.15) is 5.10 Å². The van der Waals surface area contributed by atoms with Gasteiger partial charge in [-0.1, -0.05) is 12.1 Å². The lowest BCUT2D eigenvalue weighted by molar-refractivity contribution is 1.09. The molecule has 4 aromatic rings. The number of H-pyrrole nitrogens is 1. The molecule has 0 radical (unpaired) electrons. The van der Waals surface area contributed by atoms with Gasteiger partial charge in [-0.05, 0) is 12.1 Å². The van der Waals surface area contributed by atoms with Crippen LogP contribution in [-0.2, 0) is 0 Å². The van der Waals surface area contributed by atoms with Crippen LogP contribution in [0.5, 0.6) is 0 Å². The van der Waals surface area contributed by atoms with E-state index in [1.807, 2.05) is 47.3 Å². The quantitative estimate of drug-likeness (QED) is 0.550. The van der Waals surface area contributed by atoms with Crippen LogP contribution < -0.4 is 5.73 Å². The number of hydrogen-bond acceptors (Lipinski definition) is 4. The molecule has 1 aromatic carbocycles. The number of nitrogen functional groups attached to an aromatic ring is 1. The minimum absolute atomic E-state index is 0.718. The summed E-state index contributed by atoms with van der Waals surface area (Å²) in [5.74, 6) is 0. The van der Waals surface area contributed by atoms with Gasteiger partial charge in [-0.25, -0.2) is 4.98 Å². The third kappa shape index (κ3) is 1.93. The van der Waals surface area contributed by atoms with Gasteiger partial charge in [0.05, 0.1) is 30.0 Å². The second-order valence-corrected chi connectivity index (χ2v) is 4.76. The fourth-order valence-corrected chi connectivity index (χ4v) is 2.34. The topological polar surface area (TPSA) is 84.9 Å². The lowest BCUT2D eigenvalue weighted by Crippen LogP contribution is -1.93. The Hall–Kier alpha value is -3.15. The minimum Gasteiger partial charge on any atom is -0.399 e. The number of rotatable bonds is 2.